The molecular formula is C22H25NO4. The maximum Gasteiger partial charge on any atom is 0.316 e. The van der Waals surface area contributed by atoms with Gasteiger partial charge in [-0.1, -0.05) is 30.3 Å². The van der Waals surface area contributed by atoms with Crippen LogP contribution in [0.5, 0.6) is 5.75 Å². The van der Waals surface area contributed by atoms with Crippen molar-refractivity contribution < 1.29 is 19.1 Å². The van der Waals surface area contributed by atoms with Gasteiger partial charge in [-0.3, -0.25) is 9.59 Å². The van der Waals surface area contributed by atoms with E-state index in [1.54, 1.807) is 71.3 Å². The van der Waals surface area contributed by atoms with E-state index in [0.717, 1.165) is 0 Å². The van der Waals surface area contributed by atoms with Crippen molar-refractivity contribution >= 4 is 23.3 Å². The van der Waals surface area contributed by atoms with Gasteiger partial charge in [0.2, 0.25) is 0 Å². The van der Waals surface area contributed by atoms with Crippen molar-refractivity contribution in [2.45, 2.75) is 20.8 Å². The number of carbonyl (C=O) groups is 2. The van der Waals surface area contributed by atoms with E-state index in [1.807, 2.05) is 18.2 Å². The minimum atomic E-state index is -0.682. The maximum atomic E-state index is 12.7. The second-order valence-electron chi connectivity index (χ2n) is 7.11. The molecule has 0 saturated heterocycles. The van der Waals surface area contributed by atoms with Crippen LogP contribution in [-0.2, 0) is 14.3 Å². The number of anilines is 1. The lowest BCUT2D eigenvalue weighted by Gasteiger charge is -2.20. The molecule has 0 bridgehead atoms. The molecule has 0 spiro atoms. The number of nitrogens with zero attached hydrogens (tertiary/aromatic N) is 1. The average molecular weight is 367 g/mol. The molecule has 0 aliphatic rings. The summed E-state index contributed by atoms with van der Waals surface area (Å²) in [7, 11) is 3.25. The Kier molecular flexibility index (Phi) is 6.40. The molecule has 1 amide bonds. The van der Waals surface area contributed by atoms with E-state index in [0.29, 0.717) is 17.0 Å². The minimum Gasteiger partial charge on any atom is -0.497 e. The van der Waals surface area contributed by atoms with Gasteiger partial charge in [-0.25, -0.2) is 0 Å². The average Bonchev–Trinajstić information content (AvgIpc) is 2.66. The summed E-state index contributed by atoms with van der Waals surface area (Å²) >= 11 is 0. The molecule has 5 nitrogen and oxygen atoms in total. The molecule has 0 aliphatic heterocycles. The number of carbonyl (C=O) groups excluding carboxylic acids is 2. The summed E-state index contributed by atoms with van der Waals surface area (Å²) in [6.45, 7) is 5.30. The Bertz CT molecular complexity index is 818. The lowest BCUT2D eigenvalue weighted by atomic mass is 9.97. The molecular weight excluding hydrogens is 342 g/mol. The first-order valence-corrected chi connectivity index (χ1v) is 8.63. The number of hydrogen-bond acceptors (Lipinski definition) is 4. The Morgan fingerprint density at radius 1 is 0.963 bits per heavy atom. The highest BCUT2D eigenvalue weighted by Gasteiger charge is 2.25. The lowest BCUT2D eigenvalue weighted by Crippen LogP contribution is -2.26. The third-order valence-electron chi connectivity index (χ3n) is 3.92. The molecule has 2 aromatic carbocycles. The fourth-order valence-corrected chi connectivity index (χ4v) is 2.17. The molecule has 5 heteroatoms. The van der Waals surface area contributed by atoms with Crippen molar-refractivity contribution in [3.63, 3.8) is 0 Å². The number of hydrogen-bond donors (Lipinski definition) is 0. The Balaban J connectivity index is 2.31. The van der Waals surface area contributed by atoms with E-state index in [-0.39, 0.29) is 11.7 Å². The zero-order chi connectivity index (χ0) is 20.0. The van der Waals surface area contributed by atoms with Gasteiger partial charge in [0.15, 0.2) is 0 Å². The predicted molar refractivity (Wildman–Crippen MR) is 106 cm³/mol. The predicted octanol–water partition coefficient (Wildman–Crippen LogP) is 4.29. The molecule has 142 valence electrons. The van der Waals surface area contributed by atoms with Crippen LogP contribution in [0.1, 0.15) is 26.3 Å². The number of rotatable bonds is 5. The minimum absolute atomic E-state index is 0.223. The summed E-state index contributed by atoms with van der Waals surface area (Å²) in [6, 6.07) is 16.2. The highest BCUT2D eigenvalue weighted by molar-refractivity contribution is 6.05. The molecule has 0 atom stereocenters. The van der Waals surface area contributed by atoms with Crippen LogP contribution < -0.4 is 9.64 Å². The Morgan fingerprint density at radius 2 is 1.56 bits per heavy atom. The first-order chi connectivity index (χ1) is 12.7. The van der Waals surface area contributed by atoms with Crippen molar-refractivity contribution in [2.24, 2.45) is 5.41 Å². The molecule has 0 heterocycles. The summed E-state index contributed by atoms with van der Waals surface area (Å²) in [6.07, 6.45) is 1.34. The van der Waals surface area contributed by atoms with Crippen molar-refractivity contribution in [3.8, 4) is 5.75 Å². The summed E-state index contributed by atoms with van der Waals surface area (Å²) in [4.78, 5) is 26.6. The van der Waals surface area contributed by atoms with E-state index in [1.165, 1.54) is 11.0 Å². The lowest BCUT2D eigenvalue weighted by molar-refractivity contribution is -0.145. The highest BCUT2D eigenvalue weighted by Crippen LogP contribution is 2.24. The molecule has 0 fully saturated rings. The zero-order valence-electron chi connectivity index (χ0n) is 16.4. The number of methoxy groups -OCH3 is 1. The topological polar surface area (TPSA) is 55.8 Å². The van der Waals surface area contributed by atoms with E-state index in [9.17, 15) is 9.59 Å². The summed E-state index contributed by atoms with van der Waals surface area (Å²) in [5, 5.41) is 0. The fraction of sp³-hybridized carbons (Fsp3) is 0.273. The van der Waals surface area contributed by atoms with Crippen LogP contribution in [0.3, 0.4) is 0 Å². The van der Waals surface area contributed by atoms with Crippen LogP contribution in [0.25, 0.3) is 5.76 Å². The van der Waals surface area contributed by atoms with E-state index in [4.69, 9.17) is 9.47 Å². The van der Waals surface area contributed by atoms with Crippen molar-refractivity contribution in [1.29, 1.82) is 0 Å². The van der Waals surface area contributed by atoms with Crippen LogP contribution in [0.4, 0.5) is 5.69 Å². The number of amides is 1. The van der Waals surface area contributed by atoms with Crippen LogP contribution in [0.2, 0.25) is 0 Å². The smallest absolute Gasteiger partial charge is 0.316 e. The Hall–Kier alpha value is -3.08. The van der Waals surface area contributed by atoms with Gasteiger partial charge in [0.1, 0.15) is 11.5 Å². The van der Waals surface area contributed by atoms with Crippen LogP contribution in [0, 0.1) is 5.41 Å². The van der Waals surface area contributed by atoms with Crippen LogP contribution >= 0.6 is 0 Å². The van der Waals surface area contributed by atoms with E-state index in [2.05, 4.69) is 0 Å². The molecule has 0 saturated carbocycles. The third-order valence-corrected chi connectivity index (χ3v) is 3.92. The monoisotopic (exact) mass is 367 g/mol. The van der Waals surface area contributed by atoms with E-state index < -0.39 is 11.4 Å². The van der Waals surface area contributed by atoms with Gasteiger partial charge >= 0.3 is 5.97 Å². The van der Waals surface area contributed by atoms with Gasteiger partial charge in [-0.15, -0.1) is 0 Å². The second kappa shape index (κ2) is 8.54. The molecule has 0 N–H and O–H groups in total. The second-order valence-corrected chi connectivity index (χ2v) is 7.11. The molecule has 0 unspecified atom stereocenters. The number of benzene rings is 2. The SMILES string of the molecule is COc1ccc(N(C)C(=O)/C=C(/OC(=O)C(C)(C)C)c2ccccc2)cc1. The quantitative estimate of drug-likeness (QED) is 0.449. The van der Waals surface area contributed by atoms with Gasteiger partial charge in [0.05, 0.1) is 12.5 Å². The van der Waals surface area contributed by atoms with Gasteiger partial charge in [-0.2, -0.15) is 0 Å². The maximum absolute atomic E-state index is 12.7. The zero-order valence-corrected chi connectivity index (χ0v) is 16.4. The summed E-state index contributed by atoms with van der Waals surface area (Å²) < 4.78 is 10.7. The normalized spacial score (nSPS) is 11.7. The van der Waals surface area contributed by atoms with Crippen LogP contribution in [-0.4, -0.2) is 26.0 Å². The fourth-order valence-electron chi connectivity index (χ4n) is 2.17. The third kappa shape index (κ3) is 5.45. The Morgan fingerprint density at radius 3 is 2.07 bits per heavy atom. The van der Waals surface area contributed by atoms with Crippen molar-refractivity contribution in [1.82, 2.24) is 0 Å². The number of esters is 1. The molecule has 2 rings (SSSR count). The van der Waals surface area contributed by atoms with Gasteiger partial charge in [-0.05, 0) is 45.0 Å². The molecule has 0 aliphatic carbocycles. The standard InChI is InChI=1S/C22H25NO4/c1-22(2,3)21(25)27-19(16-9-7-6-8-10-16)15-20(24)23(4)17-11-13-18(26-5)14-12-17/h6-15H,1-5H3/b19-15+. The van der Waals surface area contributed by atoms with Crippen LogP contribution in [0.15, 0.2) is 60.7 Å². The van der Waals surface area contributed by atoms with Gasteiger partial charge in [0, 0.05) is 24.4 Å². The number of ether oxygens (including phenoxy) is 2. The first-order valence-electron chi connectivity index (χ1n) is 8.63. The molecule has 0 aromatic heterocycles. The largest absolute Gasteiger partial charge is 0.497 e. The summed E-state index contributed by atoms with van der Waals surface area (Å²) in [5.41, 5.74) is 0.678. The van der Waals surface area contributed by atoms with Gasteiger partial charge in [0.25, 0.3) is 5.91 Å². The molecule has 0 radical (unpaired) electrons. The number of likely N-dealkylation sites (N-methyl/N-ethyl adjacent to an activating group) is 1. The molecule has 2 aromatic rings. The van der Waals surface area contributed by atoms with Crippen molar-refractivity contribution in [2.75, 3.05) is 19.1 Å². The first kappa shape index (κ1) is 20.2. The van der Waals surface area contributed by atoms with Gasteiger partial charge < -0.3 is 14.4 Å². The van der Waals surface area contributed by atoms with E-state index >= 15 is 0 Å². The molecule has 27 heavy (non-hydrogen) atoms. The summed E-state index contributed by atoms with van der Waals surface area (Å²) in [5.74, 6) is 0.221. The highest BCUT2D eigenvalue weighted by atomic mass is 16.5. The Labute approximate surface area is 160 Å². The van der Waals surface area contributed by atoms with Crippen molar-refractivity contribution in [3.05, 3.63) is 66.2 Å².